The van der Waals surface area contributed by atoms with Crippen LogP contribution in [0.2, 0.25) is 0 Å². The average Bonchev–Trinajstić information content (AvgIpc) is 2.40. The maximum atomic E-state index is 12.4. The first kappa shape index (κ1) is 14.9. The van der Waals surface area contributed by atoms with Crippen molar-refractivity contribution in [3.8, 4) is 5.75 Å². The third-order valence-corrected chi connectivity index (χ3v) is 3.40. The largest absolute Gasteiger partial charge is 0.491 e. The second-order valence-electron chi connectivity index (χ2n) is 5.65. The zero-order chi connectivity index (χ0) is 14.5. The van der Waals surface area contributed by atoms with E-state index in [1.54, 1.807) is 0 Å². The molecule has 0 unspecified atom stereocenters. The highest BCUT2D eigenvalue weighted by Gasteiger charge is 2.21. The minimum Gasteiger partial charge on any atom is -0.491 e. The molecule has 2 rings (SSSR count). The van der Waals surface area contributed by atoms with E-state index in [9.17, 15) is 4.79 Å². The van der Waals surface area contributed by atoms with Crippen LogP contribution in [-0.2, 0) is 11.2 Å². The summed E-state index contributed by atoms with van der Waals surface area (Å²) in [5.74, 6) is 0.997. The minimum atomic E-state index is 0.116. The first-order valence-electron chi connectivity index (χ1n) is 7.32. The number of hydrogen-bond acceptors (Lipinski definition) is 3. The Balaban J connectivity index is 2.03. The highest BCUT2D eigenvalue weighted by atomic mass is 16.5. The lowest BCUT2D eigenvalue weighted by Crippen LogP contribution is -2.51. The molecule has 110 valence electrons. The van der Waals surface area contributed by atoms with Gasteiger partial charge >= 0.3 is 0 Å². The molecule has 20 heavy (non-hydrogen) atoms. The SMILES string of the molecule is CC(C)Oc1ccccc1CC(=O)N1CCN[C@H](C)C1. The summed E-state index contributed by atoms with van der Waals surface area (Å²) in [7, 11) is 0. The summed E-state index contributed by atoms with van der Waals surface area (Å²) in [4.78, 5) is 14.3. The second-order valence-corrected chi connectivity index (χ2v) is 5.65. The molecule has 1 fully saturated rings. The lowest BCUT2D eigenvalue weighted by atomic mass is 10.1. The Hall–Kier alpha value is -1.55. The molecule has 0 radical (unpaired) electrons. The molecule has 4 nitrogen and oxygen atoms in total. The van der Waals surface area contributed by atoms with Gasteiger partial charge in [0, 0.05) is 31.2 Å². The van der Waals surface area contributed by atoms with Crippen LogP contribution in [0, 0.1) is 0 Å². The molecule has 0 spiro atoms. The van der Waals surface area contributed by atoms with Crippen LogP contribution in [0.15, 0.2) is 24.3 Å². The van der Waals surface area contributed by atoms with Gasteiger partial charge in [-0.1, -0.05) is 18.2 Å². The van der Waals surface area contributed by atoms with Gasteiger partial charge in [0.1, 0.15) is 5.75 Å². The summed E-state index contributed by atoms with van der Waals surface area (Å²) in [5.41, 5.74) is 0.970. The highest BCUT2D eigenvalue weighted by Crippen LogP contribution is 2.20. The Morgan fingerprint density at radius 1 is 1.45 bits per heavy atom. The van der Waals surface area contributed by atoms with Crippen molar-refractivity contribution < 1.29 is 9.53 Å². The van der Waals surface area contributed by atoms with E-state index in [2.05, 4.69) is 12.2 Å². The molecule has 1 aliphatic rings. The van der Waals surface area contributed by atoms with Gasteiger partial charge < -0.3 is 15.0 Å². The first-order valence-corrected chi connectivity index (χ1v) is 7.32. The molecular formula is C16H24N2O2. The molecule has 1 N–H and O–H groups in total. The average molecular weight is 276 g/mol. The van der Waals surface area contributed by atoms with Gasteiger partial charge in [-0.2, -0.15) is 0 Å². The Morgan fingerprint density at radius 3 is 2.90 bits per heavy atom. The first-order chi connectivity index (χ1) is 9.56. The second kappa shape index (κ2) is 6.75. The summed E-state index contributed by atoms with van der Waals surface area (Å²) in [6.07, 6.45) is 0.528. The number of hydrogen-bond donors (Lipinski definition) is 1. The van der Waals surface area contributed by atoms with E-state index in [1.165, 1.54) is 0 Å². The molecule has 0 aliphatic carbocycles. The maximum absolute atomic E-state index is 12.4. The van der Waals surface area contributed by atoms with E-state index in [-0.39, 0.29) is 12.0 Å². The van der Waals surface area contributed by atoms with Gasteiger partial charge in [-0.05, 0) is 26.8 Å². The molecule has 0 bridgehead atoms. The maximum Gasteiger partial charge on any atom is 0.227 e. The molecule has 1 amide bonds. The lowest BCUT2D eigenvalue weighted by Gasteiger charge is -2.32. The van der Waals surface area contributed by atoms with E-state index in [0.717, 1.165) is 30.9 Å². The van der Waals surface area contributed by atoms with Crippen molar-refractivity contribution in [3.05, 3.63) is 29.8 Å². The van der Waals surface area contributed by atoms with Gasteiger partial charge in [-0.15, -0.1) is 0 Å². The number of amides is 1. The van der Waals surface area contributed by atoms with Crippen LogP contribution >= 0.6 is 0 Å². The van der Waals surface area contributed by atoms with Crippen LogP contribution in [0.4, 0.5) is 0 Å². The van der Waals surface area contributed by atoms with Crippen LogP contribution in [0.1, 0.15) is 26.3 Å². The molecular weight excluding hydrogens is 252 g/mol. The summed E-state index contributed by atoms with van der Waals surface area (Å²) >= 11 is 0. The lowest BCUT2D eigenvalue weighted by molar-refractivity contribution is -0.131. The standard InChI is InChI=1S/C16H24N2O2/c1-12(2)20-15-7-5-4-6-14(15)10-16(19)18-9-8-17-13(3)11-18/h4-7,12-13,17H,8-11H2,1-3H3/t13-/m1/s1. The fourth-order valence-electron chi connectivity index (χ4n) is 2.45. The summed E-state index contributed by atoms with van der Waals surface area (Å²) < 4.78 is 5.77. The van der Waals surface area contributed by atoms with Crippen LogP contribution in [-0.4, -0.2) is 42.6 Å². The van der Waals surface area contributed by atoms with Crippen molar-refractivity contribution in [3.63, 3.8) is 0 Å². The number of carbonyl (C=O) groups excluding carboxylic acids is 1. The van der Waals surface area contributed by atoms with Crippen molar-refractivity contribution in [1.82, 2.24) is 10.2 Å². The van der Waals surface area contributed by atoms with Gasteiger partial charge in [-0.25, -0.2) is 0 Å². The minimum absolute atomic E-state index is 0.116. The summed E-state index contributed by atoms with van der Waals surface area (Å²) in [6.45, 7) is 8.54. The van der Waals surface area contributed by atoms with Gasteiger partial charge in [0.25, 0.3) is 0 Å². The van der Waals surface area contributed by atoms with Crippen molar-refractivity contribution in [2.24, 2.45) is 0 Å². The summed E-state index contributed by atoms with van der Waals surface area (Å²) in [5, 5.41) is 3.35. The van der Waals surface area contributed by atoms with Crippen LogP contribution in [0.25, 0.3) is 0 Å². The predicted molar refractivity (Wildman–Crippen MR) is 80.0 cm³/mol. The number of benzene rings is 1. The molecule has 1 atom stereocenters. The quantitative estimate of drug-likeness (QED) is 0.912. The molecule has 0 saturated carbocycles. The monoisotopic (exact) mass is 276 g/mol. The van der Waals surface area contributed by atoms with E-state index < -0.39 is 0 Å². The van der Waals surface area contributed by atoms with Gasteiger partial charge in [0.2, 0.25) is 5.91 Å². The third kappa shape index (κ3) is 3.97. The zero-order valence-corrected chi connectivity index (χ0v) is 12.6. The van der Waals surface area contributed by atoms with Gasteiger partial charge in [-0.3, -0.25) is 4.79 Å². The number of nitrogens with zero attached hydrogens (tertiary/aromatic N) is 1. The molecule has 4 heteroatoms. The van der Waals surface area contributed by atoms with Gasteiger partial charge in [0.15, 0.2) is 0 Å². The Labute approximate surface area is 121 Å². The van der Waals surface area contributed by atoms with Crippen molar-refractivity contribution in [2.75, 3.05) is 19.6 Å². The molecule has 1 saturated heterocycles. The topological polar surface area (TPSA) is 41.6 Å². The van der Waals surface area contributed by atoms with Crippen LogP contribution < -0.4 is 10.1 Å². The number of rotatable bonds is 4. The number of nitrogens with one attached hydrogen (secondary N) is 1. The predicted octanol–water partition coefficient (Wildman–Crippen LogP) is 1.84. The summed E-state index contributed by atoms with van der Waals surface area (Å²) in [6, 6.07) is 8.17. The van der Waals surface area contributed by atoms with E-state index in [0.29, 0.717) is 12.5 Å². The molecule has 0 aromatic heterocycles. The fraction of sp³-hybridized carbons (Fsp3) is 0.562. The van der Waals surface area contributed by atoms with E-state index in [4.69, 9.17) is 4.74 Å². The number of ether oxygens (including phenoxy) is 1. The number of carbonyl (C=O) groups is 1. The van der Waals surface area contributed by atoms with E-state index >= 15 is 0 Å². The van der Waals surface area contributed by atoms with Gasteiger partial charge in [0.05, 0.1) is 12.5 Å². The molecule has 1 aromatic rings. The number of piperazine rings is 1. The van der Waals surface area contributed by atoms with E-state index in [1.807, 2.05) is 43.0 Å². The van der Waals surface area contributed by atoms with Crippen LogP contribution in [0.3, 0.4) is 0 Å². The van der Waals surface area contributed by atoms with Crippen molar-refractivity contribution in [2.45, 2.75) is 39.3 Å². The Kier molecular flexibility index (Phi) is 5.01. The molecule has 1 heterocycles. The Morgan fingerprint density at radius 2 is 2.20 bits per heavy atom. The third-order valence-electron chi connectivity index (χ3n) is 3.40. The normalized spacial score (nSPS) is 19.2. The van der Waals surface area contributed by atoms with Crippen molar-refractivity contribution >= 4 is 5.91 Å². The highest BCUT2D eigenvalue weighted by molar-refractivity contribution is 5.79. The Bertz CT molecular complexity index is 460. The zero-order valence-electron chi connectivity index (χ0n) is 12.6. The molecule has 1 aromatic carbocycles. The smallest absolute Gasteiger partial charge is 0.227 e. The van der Waals surface area contributed by atoms with Crippen LogP contribution in [0.5, 0.6) is 5.75 Å². The molecule has 1 aliphatic heterocycles. The number of para-hydroxylation sites is 1. The fourth-order valence-corrected chi connectivity index (χ4v) is 2.45. The van der Waals surface area contributed by atoms with Crippen molar-refractivity contribution in [1.29, 1.82) is 0 Å².